The van der Waals surface area contributed by atoms with Crippen molar-refractivity contribution in [3.63, 3.8) is 0 Å². The minimum atomic E-state index is -0.675. The van der Waals surface area contributed by atoms with E-state index in [-0.39, 0.29) is 28.5 Å². The lowest BCUT2D eigenvalue weighted by molar-refractivity contribution is 0.285. The van der Waals surface area contributed by atoms with Crippen LogP contribution in [-0.4, -0.2) is 0 Å². The Morgan fingerprint density at radius 2 is 1.95 bits per heavy atom. The summed E-state index contributed by atoms with van der Waals surface area (Å²) in [6, 6.07) is 9.86. The van der Waals surface area contributed by atoms with Crippen LogP contribution in [0.25, 0.3) is 0 Å². The molecule has 0 N–H and O–H groups in total. The maximum Gasteiger partial charge on any atom is 0.166 e. The van der Waals surface area contributed by atoms with Crippen LogP contribution in [0, 0.1) is 23.0 Å². The van der Waals surface area contributed by atoms with Crippen molar-refractivity contribution in [3.05, 3.63) is 64.2 Å². The van der Waals surface area contributed by atoms with Gasteiger partial charge in [-0.2, -0.15) is 5.26 Å². The average Bonchev–Trinajstić information content (AvgIpc) is 2.39. The molecule has 0 spiro atoms. The number of ether oxygens (including phenoxy) is 1. The fourth-order valence-electron chi connectivity index (χ4n) is 1.51. The zero-order chi connectivity index (χ0) is 13.8. The van der Waals surface area contributed by atoms with E-state index >= 15 is 0 Å². The van der Waals surface area contributed by atoms with Crippen LogP contribution in [-0.2, 0) is 6.61 Å². The van der Waals surface area contributed by atoms with Gasteiger partial charge in [-0.05, 0) is 30.3 Å². The summed E-state index contributed by atoms with van der Waals surface area (Å²) in [7, 11) is 0. The Kier molecular flexibility index (Phi) is 3.98. The Hall–Kier alpha value is -2.12. The maximum absolute atomic E-state index is 13.5. The van der Waals surface area contributed by atoms with E-state index in [0.717, 1.165) is 6.07 Å². The van der Waals surface area contributed by atoms with E-state index in [1.165, 1.54) is 30.3 Å². The van der Waals surface area contributed by atoms with E-state index in [0.29, 0.717) is 0 Å². The van der Waals surface area contributed by atoms with Crippen LogP contribution in [0.3, 0.4) is 0 Å². The van der Waals surface area contributed by atoms with Gasteiger partial charge in [-0.3, -0.25) is 0 Å². The molecule has 0 saturated carbocycles. The van der Waals surface area contributed by atoms with Gasteiger partial charge in [0, 0.05) is 5.56 Å². The first-order chi connectivity index (χ1) is 9.11. The van der Waals surface area contributed by atoms with Crippen molar-refractivity contribution in [3.8, 4) is 11.8 Å². The van der Waals surface area contributed by atoms with Gasteiger partial charge in [0.25, 0.3) is 0 Å². The van der Waals surface area contributed by atoms with E-state index < -0.39 is 11.6 Å². The molecule has 0 unspecified atom stereocenters. The largest absolute Gasteiger partial charge is 0.486 e. The predicted octanol–water partition coefficient (Wildman–Crippen LogP) is 4.07. The normalized spacial score (nSPS) is 10.0. The number of hydrogen-bond acceptors (Lipinski definition) is 2. The number of benzene rings is 2. The standard InChI is InChI=1S/C14H8ClF2NO/c15-11-2-1-3-12(16)10(11)8-19-14-5-4-9(7-18)6-13(14)17/h1-6H,8H2. The van der Waals surface area contributed by atoms with Crippen molar-refractivity contribution >= 4 is 11.6 Å². The number of nitrogens with zero attached hydrogens (tertiary/aromatic N) is 1. The van der Waals surface area contributed by atoms with Crippen molar-refractivity contribution in [2.45, 2.75) is 6.61 Å². The number of halogens is 3. The van der Waals surface area contributed by atoms with Gasteiger partial charge in [0.05, 0.1) is 16.7 Å². The van der Waals surface area contributed by atoms with E-state index in [1.807, 2.05) is 6.07 Å². The number of nitriles is 1. The fourth-order valence-corrected chi connectivity index (χ4v) is 1.73. The third-order valence-electron chi connectivity index (χ3n) is 2.49. The topological polar surface area (TPSA) is 33.0 Å². The van der Waals surface area contributed by atoms with E-state index in [9.17, 15) is 8.78 Å². The molecule has 2 nitrogen and oxygen atoms in total. The zero-order valence-electron chi connectivity index (χ0n) is 9.66. The molecule has 2 rings (SSSR count). The Balaban J connectivity index is 2.17. The van der Waals surface area contributed by atoms with Crippen LogP contribution in [0.5, 0.6) is 5.75 Å². The zero-order valence-corrected chi connectivity index (χ0v) is 10.4. The molecule has 2 aromatic carbocycles. The Bertz CT molecular complexity index is 632. The Morgan fingerprint density at radius 3 is 2.58 bits per heavy atom. The maximum atomic E-state index is 13.5. The lowest BCUT2D eigenvalue weighted by Crippen LogP contribution is -2.01. The summed E-state index contributed by atoms with van der Waals surface area (Å²) in [5.41, 5.74) is 0.349. The molecule has 2 aromatic rings. The molecule has 0 radical (unpaired) electrons. The monoisotopic (exact) mass is 279 g/mol. The molecule has 5 heteroatoms. The van der Waals surface area contributed by atoms with Gasteiger partial charge in [0.1, 0.15) is 12.4 Å². The molecular weight excluding hydrogens is 272 g/mol. The number of rotatable bonds is 3. The highest BCUT2D eigenvalue weighted by Crippen LogP contribution is 2.23. The van der Waals surface area contributed by atoms with E-state index in [1.54, 1.807) is 0 Å². The first-order valence-corrected chi connectivity index (χ1v) is 5.75. The molecule has 0 aliphatic heterocycles. The third kappa shape index (κ3) is 3.01. The highest BCUT2D eigenvalue weighted by molar-refractivity contribution is 6.31. The summed E-state index contributed by atoms with van der Waals surface area (Å²) in [6.07, 6.45) is 0. The minimum absolute atomic E-state index is 0.0571. The van der Waals surface area contributed by atoms with Gasteiger partial charge in [0.15, 0.2) is 11.6 Å². The van der Waals surface area contributed by atoms with E-state index in [2.05, 4.69) is 0 Å². The first kappa shape index (κ1) is 13.3. The minimum Gasteiger partial charge on any atom is -0.486 e. The van der Waals surface area contributed by atoms with Crippen molar-refractivity contribution in [1.29, 1.82) is 5.26 Å². The summed E-state index contributed by atoms with van der Waals surface area (Å²) in [5.74, 6) is -1.24. The number of hydrogen-bond donors (Lipinski definition) is 0. The van der Waals surface area contributed by atoms with Crippen LogP contribution in [0.2, 0.25) is 5.02 Å². The van der Waals surface area contributed by atoms with Gasteiger partial charge in [-0.1, -0.05) is 17.7 Å². The quantitative estimate of drug-likeness (QED) is 0.848. The summed E-state index contributed by atoms with van der Waals surface area (Å²) in [5, 5.41) is 8.83. The summed E-state index contributed by atoms with van der Waals surface area (Å²) in [6.45, 7) is -0.186. The van der Waals surface area contributed by atoms with E-state index in [4.69, 9.17) is 21.6 Å². The highest BCUT2D eigenvalue weighted by atomic mass is 35.5. The van der Waals surface area contributed by atoms with Gasteiger partial charge in [0.2, 0.25) is 0 Å². The molecule has 0 aliphatic carbocycles. The fraction of sp³-hybridized carbons (Fsp3) is 0.0714. The molecular formula is C14H8ClF2NO. The predicted molar refractivity (Wildman–Crippen MR) is 66.9 cm³/mol. The van der Waals surface area contributed by atoms with Crippen molar-refractivity contribution in [2.75, 3.05) is 0 Å². The molecule has 0 heterocycles. The SMILES string of the molecule is N#Cc1ccc(OCc2c(F)cccc2Cl)c(F)c1. The molecule has 0 amide bonds. The second-order valence-electron chi connectivity index (χ2n) is 3.75. The average molecular weight is 280 g/mol. The van der Waals surface area contributed by atoms with Gasteiger partial charge >= 0.3 is 0 Å². The van der Waals surface area contributed by atoms with Crippen LogP contribution in [0.15, 0.2) is 36.4 Å². The molecule has 0 aliphatic rings. The highest BCUT2D eigenvalue weighted by Gasteiger charge is 2.10. The molecule has 0 saturated heterocycles. The second-order valence-corrected chi connectivity index (χ2v) is 4.15. The molecule has 0 aromatic heterocycles. The van der Waals surface area contributed by atoms with Gasteiger partial charge in [-0.25, -0.2) is 8.78 Å². The summed E-state index contributed by atoms with van der Waals surface area (Å²) in [4.78, 5) is 0. The lowest BCUT2D eigenvalue weighted by Gasteiger charge is -2.09. The summed E-state index contributed by atoms with van der Waals surface area (Å²) >= 11 is 5.83. The van der Waals surface area contributed by atoms with Crippen LogP contribution < -0.4 is 4.74 Å². The molecule has 0 atom stereocenters. The van der Waals surface area contributed by atoms with Crippen molar-refractivity contribution < 1.29 is 13.5 Å². The Morgan fingerprint density at radius 1 is 1.16 bits per heavy atom. The first-order valence-electron chi connectivity index (χ1n) is 5.37. The van der Waals surface area contributed by atoms with Crippen molar-refractivity contribution in [2.24, 2.45) is 0 Å². The summed E-state index contributed by atoms with van der Waals surface area (Å²) < 4.78 is 32.2. The molecule has 0 bridgehead atoms. The lowest BCUT2D eigenvalue weighted by atomic mass is 10.2. The van der Waals surface area contributed by atoms with Crippen LogP contribution in [0.4, 0.5) is 8.78 Å². The molecule has 0 fully saturated rings. The molecule has 19 heavy (non-hydrogen) atoms. The smallest absolute Gasteiger partial charge is 0.166 e. The molecule has 96 valence electrons. The second kappa shape index (κ2) is 5.68. The van der Waals surface area contributed by atoms with Crippen LogP contribution in [0.1, 0.15) is 11.1 Å². The van der Waals surface area contributed by atoms with Crippen LogP contribution >= 0.6 is 11.6 Å². The van der Waals surface area contributed by atoms with Gasteiger partial charge in [-0.15, -0.1) is 0 Å². The Labute approximate surface area is 113 Å². The van der Waals surface area contributed by atoms with Gasteiger partial charge < -0.3 is 4.74 Å². The third-order valence-corrected chi connectivity index (χ3v) is 2.85. The van der Waals surface area contributed by atoms with Crippen molar-refractivity contribution in [1.82, 2.24) is 0 Å².